The highest BCUT2D eigenvalue weighted by Gasteiger charge is 2.25. The van der Waals surface area contributed by atoms with Crippen molar-refractivity contribution in [2.45, 2.75) is 31.6 Å². The first-order chi connectivity index (χ1) is 20.1. The van der Waals surface area contributed by atoms with Crippen molar-refractivity contribution in [1.82, 2.24) is 14.9 Å². The van der Waals surface area contributed by atoms with Gasteiger partial charge in [0.2, 0.25) is 11.1 Å². The van der Waals surface area contributed by atoms with Crippen molar-refractivity contribution in [2.75, 3.05) is 20.2 Å². The maximum absolute atomic E-state index is 11.9. The van der Waals surface area contributed by atoms with Crippen LogP contribution in [0.1, 0.15) is 35.8 Å². The Kier molecular flexibility index (Phi) is 8.30. The van der Waals surface area contributed by atoms with E-state index in [1.165, 1.54) is 24.3 Å². The molecule has 2 heterocycles. The molecule has 2 aromatic heterocycles. The van der Waals surface area contributed by atoms with Crippen LogP contribution in [0.15, 0.2) is 82.4 Å². The average Bonchev–Trinajstić information content (AvgIpc) is 2.98. The molecule has 0 aliphatic rings. The zero-order valence-electron chi connectivity index (χ0n) is 23.2. The molecular formula is C32H33N3O7. The summed E-state index contributed by atoms with van der Waals surface area (Å²) in [6.45, 7) is 2.25. The Morgan fingerprint density at radius 3 is 1.64 bits per heavy atom. The normalized spacial score (nSPS) is 13.8. The summed E-state index contributed by atoms with van der Waals surface area (Å²) >= 11 is 0. The molecule has 3 aromatic carbocycles. The number of aromatic hydroxyl groups is 2. The highest BCUT2D eigenvalue weighted by atomic mass is 16.5. The molecule has 3 atom stereocenters. The number of pyridine rings is 2. The zero-order valence-corrected chi connectivity index (χ0v) is 23.2. The summed E-state index contributed by atoms with van der Waals surface area (Å²) in [6.07, 6.45) is -1.45. The number of aliphatic hydroxyl groups is 2. The highest BCUT2D eigenvalue weighted by Crippen LogP contribution is 2.32. The minimum Gasteiger partial charge on any atom is -0.506 e. The van der Waals surface area contributed by atoms with E-state index in [2.05, 4.69) is 9.97 Å². The van der Waals surface area contributed by atoms with Crippen molar-refractivity contribution in [1.29, 1.82) is 0 Å². The van der Waals surface area contributed by atoms with Crippen LogP contribution in [0.4, 0.5) is 0 Å². The Bertz CT molecular complexity index is 1720. The number of nitrogens with zero attached hydrogens (tertiary/aromatic N) is 1. The maximum atomic E-state index is 11.9. The summed E-state index contributed by atoms with van der Waals surface area (Å²) in [5, 5.41) is 44.6. The van der Waals surface area contributed by atoms with E-state index in [9.17, 15) is 30.0 Å². The lowest BCUT2D eigenvalue weighted by Gasteiger charge is -2.33. The number of aromatic nitrogens is 2. The number of aliphatic hydroxyl groups excluding tert-OH is 2. The van der Waals surface area contributed by atoms with Gasteiger partial charge in [-0.25, -0.2) is 0 Å². The molecule has 0 saturated heterocycles. The zero-order chi connectivity index (χ0) is 30.0. The van der Waals surface area contributed by atoms with E-state index < -0.39 is 12.2 Å². The molecule has 0 aliphatic carbocycles. The first-order valence-electron chi connectivity index (χ1n) is 13.6. The number of phenolic OH excluding ortho intramolecular Hbond substituents is 2. The number of benzene rings is 3. The van der Waals surface area contributed by atoms with Gasteiger partial charge in [0.15, 0.2) is 0 Å². The van der Waals surface area contributed by atoms with Gasteiger partial charge in [0, 0.05) is 42.0 Å². The molecule has 42 heavy (non-hydrogen) atoms. The van der Waals surface area contributed by atoms with Gasteiger partial charge in [-0.2, -0.15) is 0 Å². The number of hydrogen-bond donors (Lipinski definition) is 6. The van der Waals surface area contributed by atoms with Crippen molar-refractivity contribution in [2.24, 2.45) is 0 Å². The quantitative estimate of drug-likeness (QED) is 0.149. The van der Waals surface area contributed by atoms with Crippen LogP contribution in [-0.2, 0) is 6.42 Å². The number of phenols is 2. The van der Waals surface area contributed by atoms with Gasteiger partial charge in [-0.3, -0.25) is 14.5 Å². The lowest BCUT2D eigenvalue weighted by Crippen LogP contribution is -2.40. The minimum atomic E-state index is -1.03. The van der Waals surface area contributed by atoms with Gasteiger partial charge in [-0.15, -0.1) is 0 Å². The number of nitrogens with one attached hydrogen (secondary N) is 2. The molecule has 0 aliphatic heterocycles. The second-order valence-electron chi connectivity index (χ2n) is 10.5. The second kappa shape index (κ2) is 12.1. The van der Waals surface area contributed by atoms with E-state index in [4.69, 9.17) is 4.74 Å². The Labute approximate surface area is 241 Å². The molecule has 0 radical (unpaired) electrons. The number of fused-ring (bicyclic) bond motifs is 2. The van der Waals surface area contributed by atoms with E-state index in [-0.39, 0.29) is 52.8 Å². The summed E-state index contributed by atoms with van der Waals surface area (Å²) in [5.41, 5.74) is 1.81. The molecular weight excluding hydrogens is 538 g/mol. The topological polar surface area (TPSA) is 159 Å². The van der Waals surface area contributed by atoms with Gasteiger partial charge in [0.25, 0.3) is 0 Å². The van der Waals surface area contributed by atoms with Crippen LogP contribution in [0, 0.1) is 0 Å². The second-order valence-corrected chi connectivity index (χ2v) is 10.5. The van der Waals surface area contributed by atoms with Gasteiger partial charge < -0.3 is 35.1 Å². The highest BCUT2D eigenvalue weighted by molar-refractivity contribution is 5.88. The van der Waals surface area contributed by atoms with E-state index in [1.807, 2.05) is 36.1 Å². The molecule has 10 heteroatoms. The average molecular weight is 572 g/mol. The van der Waals surface area contributed by atoms with Crippen LogP contribution in [0.2, 0.25) is 0 Å². The third-order valence-corrected chi connectivity index (χ3v) is 7.66. The maximum Gasteiger partial charge on any atom is 0.248 e. The molecule has 0 spiro atoms. The predicted octanol–water partition coefficient (Wildman–Crippen LogP) is 3.49. The standard InChI is InChI=1S/C32H33N3O7/c1-18(15-19-3-5-20(42-2)6-4-19)35(16-27(38)21-7-11-25(36)31-23(21)9-13-29(40)33-31)17-28(39)22-8-12-26(37)32-24(22)10-14-30(41)34-32/h3-14,18,27-28,36-39H,15-17H2,1-2H3,(H,33,40)(H,34,41). The Morgan fingerprint density at radius 1 is 0.714 bits per heavy atom. The van der Waals surface area contributed by atoms with Gasteiger partial charge in [0.05, 0.1) is 30.4 Å². The molecule has 0 saturated carbocycles. The van der Waals surface area contributed by atoms with Gasteiger partial charge in [-0.05, 0) is 66.4 Å². The number of aromatic amines is 2. The van der Waals surface area contributed by atoms with Crippen molar-refractivity contribution in [3.05, 3.63) is 110 Å². The number of hydrogen-bond acceptors (Lipinski definition) is 8. The summed E-state index contributed by atoms with van der Waals surface area (Å²) < 4.78 is 5.27. The first-order valence-corrected chi connectivity index (χ1v) is 13.6. The van der Waals surface area contributed by atoms with Crippen LogP contribution in [-0.4, -0.2) is 61.5 Å². The van der Waals surface area contributed by atoms with Gasteiger partial charge >= 0.3 is 0 Å². The third-order valence-electron chi connectivity index (χ3n) is 7.66. The predicted molar refractivity (Wildman–Crippen MR) is 160 cm³/mol. The largest absolute Gasteiger partial charge is 0.506 e. The van der Waals surface area contributed by atoms with Crippen LogP contribution < -0.4 is 15.9 Å². The van der Waals surface area contributed by atoms with Crippen molar-refractivity contribution < 1.29 is 25.2 Å². The smallest absolute Gasteiger partial charge is 0.248 e. The fourth-order valence-corrected chi connectivity index (χ4v) is 5.41. The summed E-state index contributed by atoms with van der Waals surface area (Å²) in [5.74, 6) is 0.538. The molecule has 5 rings (SSSR count). The van der Waals surface area contributed by atoms with Gasteiger partial charge in [0.1, 0.15) is 17.2 Å². The number of methoxy groups -OCH3 is 1. The Hall–Kier alpha value is -4.64. The summed E-state index contributed by atoms with van der Waals surface area (Å²) in [7, 11) is 1.60. The van der Waals surface area contributed by atoms with Crippen LogP contribution in [0.25, 0.3) is 21.8 Å². The first kappa shape index (κ1) is 28.9. The number of H-pyrrole nitrogens is 2. The van der Waals surface area contributed by atoms with Crippen molar-refractivity contribution >= 4 is 21.8 Å². The fraction of sp³-hybridized carbons (Fsp3) is 0.250. The molecule has 10 nitrogen and oxygen atoms in total. The van der Waals surface area contributed by atoms with E-state index in [0.29, 0.717) is 28.3 Å². The third kappa shape index (κ3) is 6.01. The SMILES string of the molecule is COc1ccc(CC(C)N(CC(O)c2ccc(O)c3[nH]c(=O)ccc23)CC(O)c2ccc(O)c3[nH]c(=O)ccc23)cc1. The summed E-state index contributed by atoms with van der Waals surface area (Å²) in [4.78, 5) is 31.0. The van der Waals surface area contributed by atoms with E-state index in [1.54, 1.807) is 31.4 Å². The number of ether oxygens (including phenoxy) is 1. The molecule has 5 aromatic rings. The molecule has 3 unspecified atom stereocenters. The molecule has 6 N–H and O–H groups in total. The van der Waals surface area contributed by atoms with E-state index in [0.717, 1.165) is 11.3 Å². The molecule has 0 amide bonds. The lowest BCUT2D eigenvalue weighted by atomic mass is 9.98. The minimum absolute atomic E-state index is 0.101. The van der Waals surface area contributed by atoms with Crippen LogP contribution in [0.3, 0.4) is 0 Å². The van der Waals surface area contributed by atoms with Crippen molar-refractivity contribution in [3.63, 3.8) is 0 Å². The van der Waals surface area contributed by atoms with Gasteiger partial charge in [-0.1, -0.05) is 24.3 Å². The monoisotopic (exact) mass is 571 g/mol. The lowest BCUT2D eigenvalue weighted by molar-refractivity contribution is 0.0490. The Morgan fingerprint density at radius 2 is 1.19 bits per heavy atom. The van der Waals surface area contributed by atoms with E-state index >= 15 is 0 Å². The van der Waals surface area contributed by atoms with Crippen LogP contribution >= 0.6 is 0 Å². The number of rotatable bonds is 10. The van der Waals surface area contributed by atoms with Crippen LogP contribution in [0.5, 0.6) is 17.2 Å². The molecule has 0 fully saturated rings. The Balaban J connectivity index is 1.48. The molecule has 0 bridgehead atoms. The van der Waals surface area contributed by atoms with Crippen molar-refractivity contribution in [3.8, 4) is 17.2 Å². The molecule has 218 valence electrons. The fourth-order valence-electron chi connectivity index (χ4n) is 5.41. The summed E-state index contributed by atoms with van der Waals surface area (Å²) in [6, 6.07) is 19.5.